The summed E-state index contributed by atoms with van der Waals surface area (Å²) >= 11 is 0. The lowest BCUT2D eigenvalue weighted by Gasteiger charge is -2.65. The first-order valence-corrected chi connectivity index (χ1v) is 24.4. The lowest BCUT2D eigenvalue weighted by molar-refractivity contribution is -0.342. The number of rotatable bonds is 9. The van der Waals surface area contributed by atoms with Gasteiger partial charge < -0.3 is 23.5 Å². The summed E-state index contributed by atoms with van der Waals surface area (Å²) < 4.78 is 20.5. The molecule has 43 heavy (non-hydrogen) atoms. The van der Waals surface area contributed by atoms with Gasteiger partial charge in [0.05, 0.1) is 6.42 Å². The van der Waals surface area contributed by atoms with Gasteiger partial charge in [-0.1, -0.05) is 71.9 Å². The quantitative estimate of drug-likeness (QED) is 0.198. The van der Waals surface area contributed by atoms with Crippen LogP contribution in [0.3, 0.4) is 0 Å². The second kappa shape index (κ2) is 11.7. The number of hydroxylamine groups is 2. The number of carbonyl (C=O) groups excluding carboxylic acids is 1. The smallest absolute Gasteiger partial charge is 0.249 e. The monoisotopic (exact) mass is 650 g/mol. The summed E-state index contributed by atoms with van der Waals surface area (Å²) in [6.07, 6.45) is -5.26. The van der Waals surface area contributed by atoms with Gasteiger partial charge in [-0.15, -0.1) is 0 Å². The third kappa shape index (κ3) is 6.76. The number of hydrogen-bond acceptors (Lipinski definition) is 8. The molecule has 3 rings (SSSR count). The van der Waals surface area contributed by atoms with E-state index in [1.54, 1.807) is 0 Å². The Bertz CT molecular complexity index is 1200. The van der Waals surface area contributed by atoms with E-state index in [2.05, 4.69) is 47.6 Å². The van der Waals surface area contributed by atoms with Crippen molar-refractivity contribution >= 4 is 30.9 Å². The zero-order valence-electron chi connectivity index (χ0n) is 28.4. The molecule has 0 radical (unpaired) electrons. The highest BCUT2D eigenvalue weighted by Gasteiger charge is 2.76. The first kappa shape index (κ1) is 36.1. The molecule has 2 N–H and O–H groups in total. The predicted octanol–water partition coefficient (Wildman–Crippen LogP) is 5.72. The van der Waals surface area contributed by atoms with Gasteiger partial charge in [0.1, 0.15) is 42.6 Å². The van der Waals surface area contributed by atoms with E-state index in [-0.39, 0.29) is 29.0 Å². The van der Waals surface area contributed by atoms with Crippen LogP contribution in [0.25, 0.3) is 0 Å². The fraction of sp³-hybridized carbons (Fsp3) is 0.742. The van der Waals surface area contributed by atoms with Crippen LogP contribution in [0.4, 0.5) is 0 Å². The summed E-state index contributed by atoms with van der Waals surface area (Å²) in [5.74, 6) is -0.321. The Morgan fingerprint density at radius 2 is 1.37 bits per heavy atom. The Balaban J connectivity index is 2.27. The number of hydrogen-bond donors (Lipinski definition) is 2. The van der Waals surface area contributed by atoms with Crippen LogP contribution in [-0.4, -0.2) is 81.7 Å². The first-order valence-electron chi connectivity index (χ1n) is 15.2. The van der Waals surface area contributed by atoms with Crippen LogP contribution >= 0.6 is 0 Å². The molecule has 1 aliphatic carbocycles. The largest absolute Gasteiger partial charge is 0.409 e. The molecule has 12 heteroatoms. The van der Waals surface area contributed by atoms with E-state index in [4.69, 9.17) is 18.1 Å². The summed E-state index contributed by atoms with van der Waals surface area (Å²) in [6.45, 7) is 26.6. The van der Waals surface area contributed by atoms with Crippen LogP contribution in [0.15, 0.2) is 30.3 Å². The Labute approximate surface area is 261 Å². The van der Waals surface area contributed by atoms with Crippen molar-refractivity contribution in [3.63, 3.8) is 0 Å². The highest BCUT2D eigenvalue weighted by molar-refractivity contribution is 6.74. The summed E-state index contributed by atoms with van der Waals surface area (Å²) in [5.41, 5.74) is -2.87. The van der Waals surface area contributed by atoms with E-state index >= 15 is 0 Å². The van der Waals surface area contributed by atoms with Gasteiger partial charge in [0.2, 0.25) is 11.5 Å². The molecule has 1 saturated heterocycles. The number of carbonyl (C=O) groups is 1. The third-order valence-electron chi connectivity index (χ3n) is 9.79. The van der Waals surface area contributed by atoms with E-state index in [9.17, 15) is 20.3 Å². The Morgan fingerprint density at radius 1 is 0.884 bits per heavy atom. The molecule has 2 fully saturated rings. The molecule has 0 aromatic heterocycles. The van der Waals surface area contributed by atoms with E-state index in [0.717, 1.165) is 5.56 Å². The highest BCUT2D eigenvalue weighted by atomic mass is 28.4. The summed E-state index contributed by atoms with van der Waals surface area (Å²) in [6, 6.07) is 11.6. The van der Waals surface area contributed by atoms with Crippen molar-refractivity contribution in [3.05, 3.63) is 35.9 Å². The topological polar surface area (TPSA) is 121 Å². The molecule has 1 aromatic rings. The number of nitrogens with zero attached hydrogens (tertiary/aromatic N) is 2. The molecule has 1 spiro atoms. The van der Waals surface area contributed by atoms with Crippen LogP contribution in [0.2, 0.25) is 55.9 Å². The van der Waals surface area contributed by atoms with E-state index in [1.807, 2.05) is 76.2 Å². The number of aliphatic hydroxyl groups is 2. The molecule has 1 heterocycles. The van der Waals surface area contributed by atoms with Crippen LogP contribution < -0.4 is 0 Å². The van der Waals surface area contributed by atoms with Gasteiger partial charge in [-0.2, -0.15) is 5.26 Å². The summed E-state index contributed by atoms with van der Waals surface area (Å²) in [7, 11) is -7.80. The van der Waals surface area contributed by atoms with E-state index in [1.165, 1.54) is 5.06 Å². The number of nitriles is 1. The van der Waals surface area contributed by atoms with E-state index in [0.29, 0.717) is 0 Å². The summed E-state index contributed by atoms with van der Waals surface area (Å²) in [4.78, 5) is 19.6. The van der Waals surface area contributed by atoms with Crippen molar-refractivity contribution in [2.75, 3.05) is 0 Å². The molecule has 0 bridgehead atoms. The Hall–Kier alpha value is -1.41. The number of benzene rings is 1. The van der Waals surface area contributed by atoms with Crippen LogP contribution in [0.1, 0.15) is 53.5 Å². The van der Waals surface area contributed by atoms with Gasteiger partial charge in [0, 0.05) is 0 Å². The number of β-lactam (4-membered cyclic amide) rings is 1. The zero-order valence-corrected chi connectivity index (χ0v) is 31.4. The fourth-order valence-electron chi connectivity index (χ4n) is 5.17. The maximum absolute atomic E-state index is 13.4. The molecule has 2 aliphatic rings. The molecule has 1 saturated carbocycles. The Kier molecular flexibility index (Phi) is 9.85. The van der Waals surface area contributed by atoms with Crippen molar-refractivity contribution in [2.45, 2.75) is 146 Å². The van der Waals surface area contributed by atoms with Gasteiger partial charge in [-0.3, -0.25) is 9.63 Å². The lowest BCUT2D eigenvalue weighted by atomic mass is 9.62. The molecular weight excluding hydrogens is 597 g/mol. The van der Waals surface area contributed by atoms with Crippen molar-refractivity contribution < 1.29 is 33.1 Å². The second-order valence-corrected chi connectivity index (χ2v) is 30.2. The fourth-order valence-corrected chi connectivity index (χ4v) is 8.84. The van der Waals surface area contributed by atoms with E-state index < -0.39 is 60.5 Å². The van der Waals surface area contributed by atoms with Crippen LogP contribution in [-0.2, 0) is 29.5 Å². The SMILES string of the molecule is CC(C)(C)[Si](C)(C)O[C@H]1[C@@H](O)[C@]2(CC(=O)N2OCc2ccccc2)[C@H](O[Si](C)(C)C)[C@H](O[Si](C)(C)C(C)(C)C)[C@@]1(O)C#N. The minimum absolute atomic E-state index is 0.0880. The van der Waals surface area contributed by atoms with Gasteiger partial charge in [0.15, 0.2) is 25.0 Å². The lowest BCUT2D eigenvalue weighted by Crippen LogP contribution is -2.87. The molecule has 1 amide bonds. The predicted molar refractivity (Wildman–Crippen MR) is 174 cm³/mol. The average molecular weight is 651 g/mol. The van der Waals surface area contributed by atoms with Gasteiger partial charge in [0.25, 0.3) is 0 Å². The standard InChI is InChI=1S/C31H54N2O7Si3/c1-28(2,3)42(10,11)39-25-24(35)30(19-23(34)33(30)37-20-22-17-15-14-16-18-22)26(38-41(7,8)9)27(31(25,36)21-32)40-43(12,13)29(4,5)6/h14-18,24-27,35-36H,19-20H2,1-13H3/t24-,25+,26-,27+,30-,31-/m1/s1. The minimum Gasteiger partial charge on any atom is -0.409 e. The molecule has 9 nitrogen and oxygen atoms in total. The van der Waals surface area contributed by atoms with Gasteiger partial charge >= 0.3 is 0 Å². The zero-order chi connectivity index (χ0) is 33.0. The van der Waals surface area contributed by atoms with Crippen LogP contribution in [0, 0.1) is 11.3 Å². The highest BCUT2D eigenvalue weighted by Crippen LogP contribution is 2.54. The van der Waals surface area contributed by atoms with Gasteiger partial charge in [-0.25, -0.2) is 5.06 Å². The van der Waals surface area contributed by atoms with Crippen molar-refractivity contribution in [1.29, 1.82) is 5.26 Å². The molecule has 242 valence electrons. The number of amides is 1. The Morgan fingerprint density at radius 3 is 1.79 bits per heavy atom. The average Bonchev–Trinajstić information content (AvgIpc) is 2.85. The van der Waals surface area contributed by atoms with Crippen molar-refractivity contribution in [3.8, 4) is 6.07 Å². The maximum atomic E-state index is 13.4. The molecule has 1 aliphatic heterocycles. The summed E-state index contributed by atoms with van der Waals surface area (Å²) in [5, 5.41) is 36.2. The molecular formula is C31H54N2O7Si3. The molecule has 0 unspecified atom stereocenters. The molecule has 1 aromatic carbocycles. The minimum atomic E-state index is -2.69. The molecule has 6 atom stereocenters. The van der Waals surface area contributed by atoms with Gasteiger partial charge in [-0.05, 0) is 61.5 Å². The third-order valence-corrected chi connectivity index (χ3v) is 19.7. The van der Waals surface area contributed by atoms with Crippen molar-refractivity contribution in [2.24, 2.45) is 0 Å². The first-order chi connectivity index (χ1) is 19.3. The normalized spacial score (nSPS) is 30.7. The maximum Gasteiger partial charge on any atom is 0.249 e. The van der Waals surface area contributed by atoms with Crippen LogP contribution in [0.5, 0.6) is 0 Å². The number of aliphatic hydroxyl groups excluding tert-OH is 1. The van der Waals surface area contributed by atoms with Crippen molar-refractivity contribution in [1.82, 2.24) is 5.06 Å². The second-order valence-electron chi connectivity index (χ2n) is 16.2.